The largest absolute Gasteiger partial charge is 0.394 e. The fraction of sp³-hybridized carbons (Fsp3) is 0.588. The average molecular weight is 354 g/mol. The minimum Gasteiger partial charge on any atom is -0.394 e. The van der Waals surface area contributed by atoms with Gasteiger partial charge in [0.25, 0.3) is 0 Å². The van der Waals surface area contributed by atoms with Crippen LogP contribution in [0, 0.1) is 6.92 Å². The molecule has 1 aromatic carbocycles. The molecule has 1 fully saturated rings. The molecule has 0 aromatic heterocycles. The molecule has 2 amide bonds. The lowest BCUT2D eigenvalue weighted by atomic mass is 9.97. The van der Waals surface area contributed by atoms with Gasteiger partial charge >= 0.3 is 6.03 Å². The van der Waals surface area contributed by atoms with Crippen LogP contribution in [0.15, 0.2) is 18.2 Å². The molecule has 8 nitrogen and oxygen atoms in total. The molecule has 2 rings (SSSR count). The molecule has 0 bridgehead atoms. The maximum Gasteiger partial charge on any atom is 0.319 e. The smallest absolute Gasteiger partial charge is 0.319 e. The van der Waals surface area contributed by atoms with Gasteiger partial charge in [0.1, 0.15) is 24.4 Å². The third kappa shape index (κ3) is 4.28. The highest BCUT2D eigenvalue weighted by Crippen LogP contribution is 2.27. The summed E-state index contributed by atoms with van der Waals surface area (Å²) >= 11 is 0. The minimum absolute atomic E-state index is 0.191. The van der Waals surface area contributed by atoms with E-state index in [0.717, 1.165) is 11.1 Å². The highest BCUT2D eigenvalue weighted by atomic mass is 16.6. The van der Waals surface area contributed by atoms with Crippen molar-refractivity contribution in [3.63, 3.8) is 0 Å². The predicted molar refractivity (Wildman–Crippen MR) is 91.2 cm³/mol. The fourth-order valence-corrected chi connectivity index (χ4v) is 2.90. The number of hydrogen-bond acceptors (Lipinski definition) is 6. The van der Waals surface area contributed by atoms with Crippen molar-refractivity contribution in [1.29, 1.82) is 0 Å². The van der Waals surface area contributed by atoms with Gasteiger partial charge in [0.05, 0.1) is 6.61 Å². The fourth-order valence-electron chi connectivity index (χ4n) is 2.90. The number of ether oxygens (including phenoxy) is 1. The molecule has 1 heterocycles. The highest BCUT2D eigenvalue weighted by Gasteiger charge is 2.44. The van der Waals surface area contributed by atoms with E-state index in [-0.39, 0.29) is 5.92 Å². The lowest BCUT2D eigenvalue weighted by Gasteiger charge is -2.40. The van der Waals surface area contributed by atoms with E-state index in [1.165, 1.54) is 0 Å². The Hall–Kier alpha value is -1.71. The van der Waals surface area contributed by atoms with Crippen molar-refractivity contribution < 1.29 is 30.0 Å². The Balaban J connectivity index is 2.11. The summed E-state index contributed by atoms with van der Waals surface area (Å²) in [7, 11) is 0. The Labute approximate surface area is 146 Å². The summed E-state index contributed by atoms with van der Waals surface area (Å²) < 4.78 is 5.02. The van der Waals surface area contributed by atoms with Gasteiger partial charge in [-0.05, 0) is 24.0 Å². The standard InChI is InChI=1S/C17H26N2O6/c1-8(2)10-6-4-5-9(3)12(10)18-17(24)19-13-15(22)14(21)11(7-20)25-16(13)23/h4-6,8,11,13-16,20-23H,7H2,1-3H3,(H2,18,19,24)/t11-,13-,14-,15-,16+/m1/s1. The van der Waals surface area contributed by atoms with Crippen LogP contribution in [0.25, 0.3) is 0 Å². The van der Waals surface area contributed by atoms with Crippen LogP contribution in [0.2, 0.25) is 0 Å². The molecule has 1 aromatic rings. The predicted octanol–water partition coefficient (Wildman–Crippen LogP) is 0.0398. The van der Waals surface area contributed by atoms with E-state index in [1.54, 1.807) is 0 Å². The molecule has 25 heavy (non-hydrogen) atoms. The summed E-state index contributed by atoms with van der Waals surface area (Å²) in [5.41, 5.74) is 2.49. The Morgan fingerprint density at radius 1 is 1.24 bits per heavy atom. The van der Waals surface area contributed by atoms with Gasteiger partial charge in [-0.1, -0.05) is 32.0 Å². The van der Waals surface area contributed by atoms with E-state index in [0.29, 0.717) is 5.69 Å². The molecule has 1 aliphatic heterocycles. The van der Waals surface area contributed by atoms with Crippen molar-refractivity contribution in [3.05, 3.63) is 29.3 Å². The Morgan fingerprint density at radius 2 is 1.92 bits per heavy atom. The van der Waals surface area contributed by atoms with E-state index in [4.69, 9.17) is 9.84 Å². The topological polar surface area (TPSA) is 131 Å². The van der Waals surface area contributed by atoms with E-state index >= 15 is 0 Å². The lowest BCUT2D eigenvalue weighted by molar-refractivity contribution is -0.252. The SMILES string of the molecule is Cc1cccc(C(C)C)c1NC(=O)N[C@@H]1[C@@H](O)[C@H](O)[C@@H](CO)O[C@@H]1O. The third-order valence-corrected chi connectivity index (χ3v) is 4.36. The summed E-state index contributed by atoms with van der Waals surface area (Å²) in [6, 6.07) is 3.81. The van der Waals surface area contributed by atoms with Gasteiger partial charge in [-0.25, -0.2) is 4.79 Å². The van der Waals surface area contributed by atoms with Crippen LogP contribution >= 0.6 is 0 Å². The molecule has 6 N–H and O–H groups in total. The third-order valence-electron chi connectivity index (χ3n) is 4.36. The normalized spacial score (nSPS) is 29.5. The molecule has 0 unspecified atom stereocenters. The molecule has 1 aliphatic rings. The van der Waals surface area contributed by atoms with Crippen LogP contribution in [0.4, 0.5) is 10.5 Å². The highest BCUT2D eigenvalue weighted by molar-refractivity contribution is 5.91. The second kappa shape index (κ2) is 8.11. The number of urea groups is 1. The van der Waals surface area contributed by atoms with Crippen molar-refractivity contribution in [2.45, 2.75) is 57.3 Å². The van der Waals surface area contributed by atoms with Crippen LogP contribution in [-0.2, 0) is 4.74 Å². The second-order valence-corrected chi connectivity index (χ2v) is 6.55. The summed E-state index contributed by atoms with van der Waals surface area (Å²) in [5, 5.41) is 44.1. The molecule has 0 spiro atoms. The number of carbonyl (C=O) groups excluding carboxylic acids is 1. The summed E-state index contributed by atoms with van der Waals surface area (Å²) in [4.78, 5) is 12.3. The number of aryl methyl sites for hydroxylation is 1. The number of carbonyl (C=O) groups is 1. The lowest BCUT2D eigenvalue weighted by Crippen LogP contribution is -2.64. The quantitative estimate of drug-likeness (QED) is 0.453. The molecular weight excluding hydrogens is 328 g/mol. The van der Waals surface area contributed by atoms with Gasteiger partial charge in [-0.3, -0.25) is 0 Å². The molecular formula is C17H26N2O6. The van der Waals surface area contributed by atoms with Gasteiger partial charge in [0.15, 0.2) is 6.29 Å². The van der Waals surface area contributed by atoms with Crippen molar-refractivity contribution in [3.8, 4) is 0 Å². The summed E-state index contributed by atoms with van der Waals surface area (Å²) in [6.45, 7) is 5.32. The van der Waals surface area contributed by atoms with Crippen LogP contribution in [0.1, 0.15) is 30.9 Å². The first-order valence-corrected chi connectivity index (χ1v) is 8.23. The molecule has 0 radical (unpaired) electrons. The van der Waals surface area contributed by atoms with Crippen molar-refractivity contribution in [2.24, 2.45) is 0 Å². The van der Waals surface area contributed by atoms with Gasteiger partial charge in [0, 0.05) is 5.69 Å². The molecule has 5 atom stereocenters. The number of anilines is 1. The monoisotopic (exact) mass is 354 g/mol. The molecule has 0 saturated carbocycles. The van der Waals surface area contributed by atoms with Gasteiger partial charge < -0.3 is 35.8 Å². The van der Waals surface area contributed by atoms with Crippen molar-refractivity contribution in [2.75, 3.05) is 11.9 Å². The number of amides is 2. The summed E-state index contributed by atoms with van der Waals surface area (Å²) in [5.74, 6) is 0.191. The van der Waals surface area contributed by atoms with Crippen molar-refractivity contribution in [1.82, 2.24) is 5.32 Å². The van der Waals surface area contributed by atoms with Crippen LogP contribution < -0.4 is 10.6 Å². The number of hydrogen-bond donors (Lipinski definition) is 6. The Morgan fingerprint density at radius 3 is 2.52 bits per heavy atom. The number of aliphatic hydroxyl groups is 4. The number of benzene rings is 1. The number of nitrogens with one attached hydrogen (secondary N) is 2. The first kappa shape index (κ1) is 19.6. The first-order valence-electron chi connectivity index (χ1n) is 8.23. The Bertz CT molecular complexity index is 609. The molecule has 0 aliphatic carbocycles. The second-order valence-electron chi connectivity index (χ2n) is 6.55. The van der Waals surface area contributed by atoms with E-state index < -0.39 is 43.3 Å². The van der Waals surface area contributed by atoms with Gasteiger partial charge in [0.2, 0.25) is 0 Å². The maximum atomic E-state index is 12.3. The number of para-hydroxylation sites is 1. The Kier molecular flexibility index (Phi) is 6.36. The van der Waals surface area contributed by atoms with E-state index in [9.17, 15) is 20.1 Å². The number of aliphatic hydroxyl groups excluding tert-OH is 4. The van der Waals surface area contributed by atoms with Gasteiger partial charge in [-0.2, -0.15) is 0 Å². The van der Waals surface area contributed by atoms with Crippen LogP contribution in [-0.4, -0.2) is 63.7 Å². The number of rotatable bonds is 4. The van der Waals surface area contributed by atoms with Gasteiger partial charge in [-0.15, -0.1) is 0 Å². The molecule has 8 heteroatoms. The van der Waals surface area contributed by atoms with Crippen molar-refractivity contribution >= 4 is 11.7 Å². The van der Waals surface area contributed by atoms with E-state index in [2.05, 4.69) is 10.6 Å². The maximum absolute atomic E-state index is 12.3. The van der Waals surface area contributed by atoms with E-state index in [1.807, 2.05) is 39.0 Å². The molecule has 1 saturated heterocycles. The summed E-state index contributed by atoms with van der Waals surface area (Å²) in [6.07, 6.45) is -5.57. The molecule has 140 valence electrons. The zero-order chi connectivity index (χ0) is 18.7. The zero-order valence-electron chi connectivity index (χ0n) is 14.5. The average Bonchev–Trinajstić information content (AvgIpc) is 2.56. The van der Waals surface area contributed by atoms with Crippen LogP contribution in [0.3, 0.4) is 0 Å². The van der Waals surface area contributed by atoms with Crippen LogP contribution in [0.5, 0.6) is 0 Å². The first-order chi connectivity index (χ1) is 11.8. The zero-order valence-corrected chi connectivity index (χ0v) is 14.5. The minimum atomic E-state index is -1.55.